The minimum Gasteiger partial charge on any atom is -0.316 e. The SMILES string of the molecule is c1ccc(-n2ccc3c2ccc2c4cc(-c5ccc(-c6nc(-c7ccc(-c8ccccn8)cc7)c7ccccc7n6)cn5)ccc4n(-c4ccccc4)c23)cc1. The molecule has 0 spiro atoms. The molecule has 0 aliphatic rings. The Morgan fingerprint density at radius 3 is 1.89 bits per heavy atom. The van der Waals surface area contributed by atoms with Crippen molar-refractivity contribution in [1.29, 1.82) is 0 Å². The van der Waals surface area contributed by atoms with Crippen LogP contribution in [0.1, 0.15) is 0 Å². The van der Waals surface area contributed by atoms with Crippen LogP contribution in [0.5, 0.6) is 0 Å². The maximum Gasteiger partial charge on any atom is 0.161 e. The van der Waals surface area contributed by atoms with E-state index in [2.05, 4.69) is 160 Å². The number of nitrogens with zero attached hydrogens (tertiary/aromatic N) is 6. The summed E-state index contributed by atoms with van der Waals surface area (Å²) in [5.41, 5.74) is 13.4. The van der Waals surface area contributed by atoms with Crippen LogP contribution in [0, 0.1) is 0 Å². The fourth-order valence-corrected chi connectivity index (χ4v) is 8.00. The lowest BCUT2D eigenvalue weighted by Gasteiger charge is -2.11. The second-order valence-electron chi connectivity index (χ2n) is 14.0. The smallest absolute Gasteiger partial charge is 0.161 e. The molecule has 0 aliphatic carbocycles. The molecule has 0 saturated carbocycles. The second-order valence-corrected chi connectivity index (χ2v) is 14.0. The lowest BCUT2D eigenvalue weighted by Crippen LogP contribution is -1.96. The zero-order valence-corrected chi connectivity index (χ0v) is 30.2. The fraction of sp³-hybridized carbons (Fsp3) is 0. The Kier molecular flexibility index (Phi) is 7.38. The Morgan fingerprint density at radius 1 is 0.411 bits per heavy atom. The largest absolute Gasteiger partial charge is 0.316 e. The number of pyridine rings is 2. The predicted molar refractivity (Wildman–Crippen MR) is 228 cm³/mol. The van der Waals surface area contributed by atoms with E-state index in [1.54, 1.807) is 0 Å². The van der Waals surface area contributed by atoms with E-state index in [0.29, 0.717) is 5.82 Å². The number of para-hydroxylation sites is 3. The molecule has 11 aromatic rings. The molecule has 5 aromatic heterocycles. The molecule has 56 heavy (non-hydrogen) atoms. The van der Waals surface area contributed by atoms with E-state index in [0.717, 1.165) is 67.1 Å². The number of hydrogen-bond acceptors (Lipinski definition) is 4. The fourth-order valence-electron chi connectivity index (χ4n) is 8.00. The van der Waals surface area contributed by atoms with Gasteiger partial charge in [0.2, 0.25) is 0 Å². The van der Waals surface area contributed by atoms with Crippen molar-refractivity contribution in [1.82, 2.24) is 29.1 Å². The number of benzene rings is 6. The topological polar surface area (TPSA) is 61.4 Å². The molecule has 0 atom stereocenters. The van der Waals surface area contributed by atoms with Crippen molar-refractivity contribution in [3.05, 3.63) is 195 Å². The highest BCUT2D eigenvalue weighted by atomic mass is 15.0. The summed E-state index contributed by atoms with van der Waals surface area (Å²) < 4.78 is 4.66. The third kappa shape index (κ3) is 5.27. The molecule has 0 saturated heterocycles. The Labute approximate surface area is 322 Å². The van der Waals surface area contributed by atoms with Gasteiger partial charge in [-0.25, -0.2) is 9.97 Å². The molecule has 6 nitrogen and oxygen atoms in total. The highest BCUT2D eigenvalue weighted by molar-refractivity contribution is 6.19. The summed E-state index contributed by atoms with van der Waals surface area (Å²) >= 11 is 0. The standard InChI is InChI=1S/C50H32N6/c1-3-11-37(12-4-1)55-30-28-41-46(55)27-24-39-42-31-35(23-26-47(42)56(49(39)41)38-13-5-2-6-14-38)44-25-22-36(32-52-44)50-53-45-17-8-7-15-40(45)48(54-50)34-20-18-33(19-21-34)43-16-9-10-29-51-43/h1-32H. The molecular weight excluding hydrogens is 685 g/mol. The minimum atomic E-state index is 0.638. The maximum atomic E-state index is 5.13. The normalized spacial score (nSPS) is 11.6. The predicted octanol–water partition coefficient (Wildman–Crippen LogP) is 12.1. The third-order valence-corrected chi connectivity index (χ3v) is 10.7. The van der Waals surface area contributed by atoms with Crippen molar-refractivity contribution < 1.29 is 0 Å². The Morgan fingerprint density at radius 2 is 1.11 bits per heavy atom. The molecular formula is C50H32N6. The van der Waals surface area contributed by atoms with Crippen molar-refractivity contribution in [2.45, 2.75) is 0 Å². The van der Waals surface area contributed by atoms with Crippen LogP contribution in [0.25, 0.3) is 100 Å². The van der Waals surface area contributed by atoms with Crippen molar-refractivity contribution in [2.75, 3.05) is 0 Å². The average molecular weight is 717 g/mol. The highest BCUT2D eigenvalue weighted by Crippen LogP contribution is 2.39. The van der Waals surface area contributed by atoms with E-state index >= 15 is 0 Å². The zero-order chi connectivity index (χ0) is 37.0. The third-order valence-electron chi connectivity index (χ3n) is 10.7. The monoisotopic (exact) mass is 716 g/mol. The number of rotatable bonds is 6. The van der Waals surface area contributed by atoms with Gasteiger partial charge in [0, 0.05) is 73.8 Å². The highest BCUT2D eigenvalue weighted by Gasteiger charge is 2.18. The van der Waals surface area contributed by atoms with E-state index in [4.69, 9.17) is 15.0 Å². The molecule has 11 rings (SSSR count). The Bertz CT molecular complexity index is 3200. The summed E-state index contributed by atoms with van der Waals surface area (Å²) in [4.78, 5) is 19.6. The van der Waals surface area contributed by atoms with Gasteiger partial charge in [0.1, 0.15) is 0 Å². The van der Waals surface area contributed by atoms with Crippen LogP contribution in [0.4, 0.5) is 0 Å². The van der Waals surface area contributed by atoms with Crippen molar-refractivity contribution in [2.24, 2.45) is 0 Å². The summed E-state index contributed by atoms with van der Waals surface area (Å²) in [6.45, 7) is 0. The first kappa shape index (κ1) is 31.8. The maximum absolute atomic E-state index is 5.13. The van der Waals surface area contributed by atoms with Gasteiger partial charge in [-0.15, -0.1) is 0 Å². The molecule has 0 N–H and O–H groups in total. The van der Waals surface area contributed by atoms with Gasteiger partial charge in [0.05, 0.1) is 39.1 Å². The Balaban J connectivity index is 0.998. The molecule has 0 aliphatic heterocycles. The number of fused-ring (bicyclic) bond motifs is 6. The molecule has 0 unspecified atom stereocenters. The van der Waals surface area contributed by atoms with Crippen LogP contribution in [-0.2, 0) is 0 Å². The molecule has 262 valence electrons. The molecule has 0 amide bonds. The molecule has 6 heteroatoms. The van der Waals surface area contributed by atoms with Gasteiger partial charge in [-0.05, 0) is 78.9 Å². The lowest BCUT2D eigenvalue weighted by atomic mass is 10.0. The van der Waals surface area contributed by atoms with E-state index in [1.165, 1.54) is 27.2 Å². The van der Waals surface area contributed by atoms with Crippen LogP contribution in [0.3, 0.4) is 0 Å². The van der Waals surface area contributed by atoms with Gasteiger partial charge >= 0.3 is 0 Å². The van der Waals surface area contributed by atoms with E-state index in [9.17, 15) is 0 Å². The first-order chi connectivity index (χ1) is 27.8. The van der Waals surface area contributed by atoms with Gasteiger partial charge in [0.25, 0.3) is 0 Å². The quantitative estimate of drug-likeness (QED) is 0.172. The van der Waals surface area contributed by atoms with Crippen LogP contribution >= 0.6 is 0 Å². The van der Waals surface area contributed by atoms with Gasteiger partial charge < -0.3 is 9.13 Å². The van der Waals surface area contributed by atoms with Crippen LogP contribution < -0.4 is 0 Å². The van der Waals surface area contributed by atoms with Gasteiger partial charge in [-0.1, -0.05) is 97.1 Å². The van der Waals surface area contributed by atoms with E-state index in [-0.39, 0.29) is 0 Å². The molecule has 5 heterocycles. The zero-order valence-electron chi connectivity index (χ0n) is 30.2. The van der Waals surface area contributed by atoms with E-state index < -0.39 is 0 Å². The van der Waals surface area contributed by atoms with Crippen molar-refractivity contribution in [3.63, 3.8) is 0 Å². The average Bonchev–Trinajstić information content (AvgIpc) is 3.86. The van der Waals surface area contributed by atoms with Crippen molar-refractivity contribution >= 4 is 43.6 Å². The van der Waals surface area contributed by atoms with Crippen LogP contribution in [0.15, 0.2) is 195 Å². The lowest BCUT2D eigenvalue weighted by molar-refractivity contribution is 1.13. The minimum absolute atomic E-state index is 0.638. The second kappa shape index (κ2) is 13.0. The molecule has 6 aromatic carbocycles. The Hall–Kier alpha value is -7.70. The summed E-state index contributed by atoms with van der Waals surface area (Å²) in [6, 6.07) is 61.3. The van der Waals surface area contributed by atoms with Gasteiger partial charge in [0.15, 0.2) is 5.82 Å². The van der Waals surface area contributed by atoms with Crippen molar-refractivity contribution in [3.8, 4) is 56.5 Å². The molecule has 0 radical (unpaired) electrons. The first-order valence-corrected chi connectivity index (χ1v) is 18.7. The first-order valence-electron chi connectivity index (χ1n) is 18.7. The molecule has 0 bridgehead atoms. The molecule has 0 fully saturated rings. The summed E-state index contributed by atoms with van der Waals surface area (Å²) in [5.74, 6) is 0.638. The summed E-state index contributed by atoms with van der Waals surface area (Å²) in [6.07, 6.45) is 5.88. The van der Waals surface area contributed by atoms with E-state index in [1.807, 2.05) is 48.8 Å². The number of hydrogen-bond donors (Lipinski definition) is 0. The summed E-state index contributed by atoms with van der Waals surface area (Å²) in [5, 5.41) is 4.58. The van der Waals surface area contributed by atoms with Crippen LogP contribution in [-0.4, -0.2) is 29.1 Å². The summed E-state index contributed by atoms with van der Waals surface area (Å²) in [7, 11) is 0. The van der Waals surface area contributed by atoms with Crippen LogP contribution in [0.2, 0.25) is 0 Å². The van der Waals surface area contributed by atoms with Gasteiger partial charge in [-0.3, -0.25) is 9.97 Å². The number of aromatic nitrogens is 6. The van der Waals surface area contributed by atoms with Gasteiger partial charge in [-0.2, -0.15) is 0 Å².